The Hall–Kier alpha value is -1.85. The summed E-state index contributed by atoms with van der Waals surface area (Å²) in [5, 5.41) is 18.5. The Kier molecular flexibility index (Phi) is 3.12. The van der Waals surface area contributed by atoms with Crippen LogP contribution in [0, 0.1) is 0 Å². The van der Waals surface area contributed by atoms with Gasteiger partial charge in [0.1, 0.15) is 11.2 Å². The quantitative estimate of drug-likeness (QED) is 0.770. The van der Waals surface area contributed by atoms with Gasteiger partial charge >= 0.3 is 5.97 Å². The fourth-order valence-corrected chi connectivity index (χ4v) is 2.03. The molecule has 6 nitrogen and oxygen atoms in total. The Bertz CT molecular complexity index is 509. The van der Waals surface area contributed by atoms with Crippen LogP contribution in [0.3, 0.4) is 0 Å². The molecule has 104 valence electrons. The number of aromatic nitrogens is 2. The summed E-state index contributed by atoms with van der Waals surface area (Å²) in [6, 6.07) is 1.67. The molecular weight excluding hydrogens is 246 g/mol. The number of carboxylic acid groups (broad SMARTS) is 1. The maximum absolute atomic E-state index is 12.0. The van der Waals surface area contributed by atoms with E-state index in [1.165, 1.54) is 0 Å². The van der Waals surface area contributed by atoms with Crippen molar-refractivity contribution in [1.82, 2.24) is 15.5 Å². The van der Waals surface area contributed by atoms with Gasteiger partial charge < -0.3 is 10.4 Å². The van der Waals surface area contributed by atoms with E-state index in [-0.39, 0.29) is 11.1 Å². The molecule has 19 heavy (non-hydrogen) atoms. The van der Waals surface area contributed by atoms with Gasteiger partial charge in [0.05, 0.1) is 0 Å². The molecule has 1 aromatic rings. The maximum Gasteiger partial charge on any atom is 0.329 e. The van der Waals surface area contributed by atoms with Crippen molar-refractivity contribution >= 4 is 11.9 Å². The number of amides is 1. The summed E-state index contributed by atoms with van der Waals surface area (Å²) >= 11 is 0. The molecule has 0 aliphatic heterocycles. The Morgan fingerprint density at radius 2 is 2.05 bits per heavy atom. The van der Waals surface area contributed by atoms with Crippen LogP contribution in [0.5, 0.6) is 0 Å². The standard InChI is InChI=1S/C13H19N3O3/c1-12(2,3)9-7-8(15-16-9)10(17)14-13(11(18)19)5-4-6-13/h7H,4-6H2,1-3H3,(H,14,17)(H,15,16)(H,18,19). The molecule has 6 heteroatoms. The van der Waals surface area contributed by atoms with Crippen molar-refractivity contribution in [2.24, 2.45) is 0 Å². The summed E-state index contributed by atoms with van der Waals surface area (Å²) in [4.78, 5) is 23.2. The lowest BCUT2D eigenvalue weighted by molar-refractivity contribution is -0.148. The number of rotatable bonds is 3. The van der Waals surface area contributed by atoms with Crippen molar-refractivity contribution in [3.05, 3.63) is 17.5 Å². The van der Waals surface area contributed by atoms with E-state index in [0.717, 1.165) is 12.1 Å². The molecule has 1 aliphatic rings. The van der Waals surface area contributed by atoms with Crippen molar-refractivity contribution in [1.29, 1.82) is 0 Å². The first-order valence-corrected chi connectivity index (χ1v) is 6.36. The third-order valence-corrected chi connectivity index (χ3v) is 3.59. The topological polar surface area (TPSA) is 95.1 Å². The van der Waals surface area contributed by atoms with Crippen LogP contribution in [-0.4, -0.2) is 32.7 Å². The van der Waals surface area contributed by atoms with Crippen molar-refractivity contribution in [2.75, 3.05) is 0 Å². The number of aliphatic carboxylic acids is 1. The fraction of sp³-hybridized carbons (Fsp3) is 0.615. The van der Waals surface area contributed by atoms with Gasteiger partial charge in [-0.1, -0.05) is 20.8 Å². The monoisotopic (exact) mass is 265 g/mol. The first-order valence-electron chi connectivity index (χ1n) is 6.36. The number of carbonyl (C=O) groups is 2. The van der Waals surface area contributed by atoms with Gasteiger partial charge in [0, 0.05) is 11.1 Å². The van der Waals surface area contributed by atoms with Crippen LogP contribution in [0.25, 0.3) is 0 Å². The van der Waals surface area contributed by atoms with Gasteiger partial charge in [-0.3, -0.25) is 9.89 Å². The van der Waals surface area contributed by atoms with E-state index in [2.05, 4.69) is 15.5 Å². The van der Waals surface area contributed by atoms with Gasteiger partial charge in [-0.25, -0.2) is 4.79 Å². The molecule has 0 spiro atoms. The summed E-state index contributed by atoms with van der Waals surface area (Å²) in [7, 11) is 0. The number of carboxylic acids is 1. The van der Waals surface area contributed by atoms with Crippen molar-refractivity contribution in [2.45, 2.75) is 51.0 Å². The van der Waals surface area contributed by atoms with Gasteiger partial charge in [0.2, 0.25) is 0 Å². The molecule has 1 aromatic heterocycles. The molecule has 1 fully saturated rings. The minimum Gasteiger partial charge on any atom is -0.480 e. The normalized spacial score (nSPS) is 17.6. The number of carbonyl (C=O) groups excluding carboxylic acids is 1. The van der Waals surface area contributed by atoms with Crippen LogP contribution in [0.15, 0.2) is 6.07 Å². The van der Waals surface area contributed by atoms with Crippen LogP contribution >= 0.6 is 0 Å². The number of aromatic amines is 1. The highest BCUT2D eigenvalue weighted by molar-refractivity contribution is 5.96. The highest BCUT2D eigenvalue weighted by atomic mass is 16.4. The molecule has 0 atom stereocenters. The van der Waals surface area contributed by atoms with Crippen molar-refractivity contribution in [3.8, 4) is 0 Å². The third kappa shape index (κ3) is 2.47. The van der Waals surface area contributed by atoms with Crippen LogP contribution < -0.4 is 5.32 Å². The van der Waals surface area contributed by atoms with Crippen molar-refractivity contribution < 1.29 is 14.7 Å². The summed E-state index contributed by atoms with van der Waals surface area (Å²) in [5.41, 5.74) is -0.155. The summed E-state index contributed by atoms with van der Waals surface area (Å²) in [6.45, 7) is 6.02. The molecule has 1 amide bonds. The zero-order valence-electron chi connectivity index (χ0n) is 11.4. The molecule has 2 rings (SSSR count). The third-order valence-electron chi connectivity index (χ3n) is 3.59. The van der Waals surface area contributed by atoms with Gasteiger partial charge in [-0.05, 0) is 25.3 Å². The summed E-state index contributed by atoms with van der Waals surface area (Å²) in [6.07, 6.45) is 1.77. The molecule has 0 radical (unpaired) electrons. The minimum absolute atomic E-state index is 0.132. The Morgan fingerprint density at radius 1 is 1.42 bits per heavy atom. The highest BCUT2D eigenvalue weighted by Crippen LogP contribution is 2.32. The van der Waals surface area contributed by atoms with Crippen molar-refractivity contribution in [3.63, 3.8) is 0 Å². The van der Waals surface area contributed by atoms with Gasteiger partial charge in [-0.15, -0.1) is 0 Å². The van der Waals surface area contributed by atoms with Crippen LogP contribution in [0.2, 0.25) is 0 Å². The van der Waals surface area contributed by atoms with Gasteiger partial charge in [-0.2, -0.15) is 5.10 Å². The lowest BCUT2D eigenvalue weighted by Crippen LogP contribution is -2.59. The zero-order chi connectivity index (χ0) is 14.3. The lowest BCUT2D eigenvalue weighted by atomic mass is 9.76. The average Bonchev–Trinajstić information content (AvgIpc) is 2.70. The second-order valence-corrected chi connectivity index (χ2v) is 6.11. The van der Waals surface area contributed by atoms with E-state index in [1.807, 2.05) is 20.8 Å². The molecule has 0 saturated heterocycles. The lowest BCUT2D eigenvalue weighted by Gasteiger charge is -2.37. The van der Waals surface area contributed by atoms with E-state index in [9.17, 15) is 14.7 Å². The van der Waals surface area contributed by atoms with Crippen LogP contribution in [0.1, 0.15) is 56.2 Å². The number of H-pyrrole nitrogens is 1. The molecule has 1 saturated carbocycles. The average molecular weight is 265 g/mol. The van der Waals surface area contributed by atoms with Crippen LogP contribution in [0.4, 0.5) is 0 Å². The van der Waals surface area contributed by atoms with E-state index < -0.39 is 17.4 Å². The molecular formula is C13H19N3O3. The molecule has 0 unspecified atom stereocenters. The molecule has 3 N–H and O–H groups in total. The SMILES string of the molecule is CC(C)(C)c1cc(C(=O)NC2(C(=O)O)CCC2)n[nH]1. The Morgan fingerprint density at radius 3 is 2.42 bits per heavy atom. The van der Waals surface area contributed by atoms with E-state index >= 15 is 0 Å². The second-order valence-electron chi connectivity index (χ2n) is 6.11. The first-order chi connectivity index (χ1) is 8.74. The fourth-order valence-electron chi connectivity index (χ4n) is 2.03. The largest absolute Gasteiger partial charge is 0.480 e. The van der Waals surface area contributed by atoms with Gasteiger partial charge in [0.25, 0.3) is 5.91 Å². The van der Waals surface area contributed by atoms with E-state index in [1.54, 1.807) is 6.07 Å². The predicted octanol–water partition coefficient (Wildman–Crippen LogP) is 1.44. The highest BCUT2D eigenvalue weighted by Gasteiger charge is 2.46. The number of hydrogen-bond donors (Lipinski definition) is 3. The smallest absolute Gasteiger partial charge is 0.329 e. The Labute approximate surface area is 111 Å². The molecule has 0 aromatic carbocycles. The number of nitrogens with one attached hydrogen (secondary N) is 2. The van der Waals surface area contributed by atoms with Gasteiger partial charge in [0.15, 0.2) is 0 Å². The Balaban J connectivity index is 2.12. The zero-order valence-corrected chi connectivity index (χ0v) is 11.4. The molecule has 1 heterocycles. The summed E-state index contributed by atoms with van der Waals surface area (Å²) in [5.74, 6) is -1.41. The molecule has 1 aliphatic carbocycles. The number of nitrogens with zero attached hydrogens (tertiary/aromatic N) is 1. The molecule has 0 bridgehead atoms. The minimum atomic E-state index is -1.10. The number of hydrogen-bond acceptors (Lipinski definition) is 3. The predicted molar refractivity (Wildman–Crippen MR) is 69.0 cm³/mol. The van der Waals surface area contributed by atoms with E-state index in [0.29, 0.717) is 12.8 Å². The first kappa shape index (κ1) is 13.6. The van der Waals surface area contributed by atoms with E-state index in [4.69, 9.17) is 0 Å². The van der Waals surface area contributed by atoms with Crippen LogP contribution in [-0.2, 0) is 10.2 Å². The second kappa shape index (κ2) is 4.36. The maximum atomic E-state index is 12.0. The summed E-state index contributed by atoms with van der Waals surface area (Å²) < 4.78 is 0.